The number of anilines is 1. The fourth-order valence-corrected chi connectivity index (χ4v) is 4.34. The van der Waals surface area contributed by atoms with Crippen LogP contribution in [0.4, 0.5) is 5.95 Å². The maximum absolute atomic E-state index is 13.2. The van der Waals surface area contributed by atoms with Gasteiger partial charge in [0.1, 0.15) is 5.75 Å². The molecule has 5 rings (SSSR count). The number of aromatic nitrogens is 4. The van der Waals surface area contributed by atoms with Crippen molar-refractivity contribution in [2.45, 2.75) is 6.92 Å². The molecule has 4 heterocycles. The zero-order valence-electron chi connectivity index (χ0n) is 19.1. The number of carbonyl (C=O) groups is 2. The molecule has 0 spiro atoms. The van der Waals surface area contributed by atoms with Gasteiger partial charge in [-0.1, -0.05) is 12.1 Å². The van der Waals surface area contributed by atoms with E-state index >= 15 is 0 Å². The van der Waals surface area contributed by atoms with Gasteiger partial charge in [0.2, 0.25) is 11.9 Å². The summed E-state index contributed by atoms with van der Waals surface area (Å²) < 4.78 is 6.80. The quantitative estimate of drug-likeness (QED) is 0.598. The van der Waals surface area contributed by atoms with Crippen molar-refractivity contribution in [2.24, 2.45) is 0 Å². The van der Waals surface area contributed by atoms with Crippen LogP contribution in [-0.2, 0) is 9.53 Å². The predicted octanol–water partition coefficient (Wildman–Crippen LogP) is 0.840. The number of rotatable bonds is 4. The summed E-state index contributed by atoms with van der Waals surface area (Å²) in [6, 6.07) is 6.85. The van der Waals surface area contributed by atoms with Gasteiger partial charge < -0.3 is 19.6 Å². The van der Waals surface area contributed by atoms with Crippen LogP contribution < -0.4 is 4.90 Å². The smallest absolute Gasteiger partial charge is 0.263 e. The van der Waals surface area contributed by atoms with E-state index in [0.717, 1.165) is 0 Å². The molecule has 11 nitrogen and oxygen atoms in total. The average Bonchev–Trinajstić information content (AvgIpc) is 3.28. The molecule has 2 aliphatic rings. The summed E-state index contributed by atoms with van der Waals surface area (Å²) in [7, 11) is 0. The van der Waals surface area contributed by atoms with E-state index in [1.54, 1.807) is 36.2 Å². The van der Waals surface area contributed by atoms with E-state index in [9.17, 15) is 14.7 Å². The van der Waals surface area contributed by atoms with Gasteiger partial charge in [0.25, 0.3) is 5.91 Å². The number of hydrogen-bond acceptors (Lipinski definition) is 9. The lowest BCUT2D eigenvalue weighted by atomic mass is 10.1. The number of phenols is 1. The Balaban J connectivity index is 1.48. The molecule has 11 heteroatoms. The van der Waals surface area contributed by atoms with Crippen molar-refractivity contribution in [3.05, 3.63) is 30.5 Å². The predicted molar refractivity (Wildman–Crippen MR) is 125 cm³/mol. The molecular weight excluding hydrogens is 438 g/mol. The molecule has 2 fully saturated rings. The van der Waals surface area contributed by atoms with E-state index in [2.05, 4.69) is 5.10 Å². The van der Waals surface area contributed by atoms with Gasteiger partial charge in [-0.2, -0.15) is 14.8 Å². The molecular formula is C23H27N7O4. The molecule has 0 radical (unpaired) electrons. The van der Waals surface area contributed by atoms with E-state index in [0.29, 0.717) is 80.7 Å². The minimum atomic E-state index is -0.195. The first-order valence-electron chi connectivity index (χ1n) is 11.4. The van der Waals surface area contributed by atoms with Crippen LogP contribution in [0, 0.1) is 0 Å². The molecule has 34 heavy (non-hydrogen) atoms. The van der Waals surface area contributed by atoms with Crippen molar-refractivity contribution in [1.82, 2.24) is 29.5 Å². The Bertz CT molecular complexity index is 1210. The summed E-state index contributed by atoms with van der Waals surface area (Å²) in [5.41, 5.74) is 1.76. The maximum Gasteiger partial charge on any atom is 0.263 e. The highest BCUT2D eigenvalue weighted by atomic mass is 16.5. The number of phenolic OH excluding ortho intramolecular Hbond substituents is 1. The van der Waals surface area contributed by atoms with E-state index in [-0.39, 0.29) is 24.1 Å². The molecule has 0 aliphatic carbocycles. The summed E-state index contributed by atoms with van der Waals surface area (Å²) in [6.07, 6.45) is 1.60. The number of ether oxygens (including phenoxy) is 1. The van der Waals surface area contributed by atoms with Crippen molar-refractivity contribution in [2.75, 3.05) is 63.9 Å². The molecule has 1 aromatic carbocycles. The highest BCUT2D eigenvalue weighted by Crippen LogP contribution is 2.30. The van der Waals surface area contributed by atoms with Crippen LogP contribution in [0.2, 0.25) is 0 Å². The molecule has 1 N–H and O–H groups in total. The van der Waals surface area contributed by atoms with Crippen LogP contribution in [0.3, 0.4) is 0 Å². The molecule has 0 atom stereocenters. The third kappa shape index (κ3) is 4.44. The van der Waals surface area contributed by atoms with Crippen LogP contribution in [0.15, 0.2) is 30.5 Å². The van der Waals surface area contributed by atoms with Crippen LogP contribution in [-0.4, -0.2) is 105 Å². The average molecular weight is 466 g/mol. The summed E-state index contributed by atoms with van der Waals surface area (Å²) in [6.45, 7) is 6.66. The second-order valence-electron chi connectivity index (χ2n) is 8.49. The first-order chi connectivity index (χ1) is 16.5. The summed E-state index contributed by atoms with van der Waals surface area (Å²) in [5.74, 6) is 0.486. The Kier molecular flexibility index (Phi) is 6.12. The molecule has 1 amide bonds. The summed E-state index contributed by atoms with van der Waals surface area (Å²) >= 11 is 0. The number of nitrogens with zero attached hydrogens (tertiary/aromatic N) is 7. The number of fused-ring (bicyclic) bond motifs is 1. The molecule has 0 saturated carbocycles. The highest BCUT2D eigenvalue weighted by molar-refractivity contribution is 5.97. The SMILES string of the molecule is CC(=O)N1CCN(CC(=O)n2ncc3c(-c4cccc(O)c4)nc(N4CCOCC4)nc32)CC1. The first kappa shape index (κ1) is 22.2. The minimum absolute atomic E-state index is 0.0517. The topological polar surface area (TPSA) is 117 Å². The van der Waals surface area contributed by atoms with Gasteiger partial charge in [0, 0.05) is 51.8 Å². The standard InChI is InChI=1S/C23H27N7O4/c1-16(31)28-7-5-27(6-8-28)15-20(33)30-22-19(14-24-30)21(17-3-2-4-18(32)13-17)25-23(26-22)29-9-11-34-12-10-29/h2-4,13-14,32H,5-12,15H2,1H3. The van der Waals surface area contributed by atoms with Crippen LogP contribution in [0.25, 0.3) is 22.3 Å². The Labute approximate surface area is 196 Å². The zero-order valence-corrected chi connectivity index (χ0v) is 19.1. The van der Waals surface area contributed by atoms with E-state index in [1.165, 1.54) is 4.68 Å². The zero-order chi connectivity index (χ0) is 23.7. The number of hydrogen-bond donors (Lipinski definition) is 1. The lowest BCUT2D eigenvalue weighted by Gasteiger charge is -2.33. The van der Waals surface area contributed by atoms with Crippen LogP contribution >= 0.6 is 0 Å². The van der Waals surface area contributed by atoms with Gasteiger partial charge in [0.15, 0.2) is 5.65 Å². The first-order valence-corrected chi connectivity index (χ1v) is 11.4. The molecule has 0 bridgehead atoms. The minimum Gasteiger partial charge on any atom is -0.508 e. The van der Waals surface area contributed by atoms with E-state index in [4.69, 9.17) is 14.7 Å². The Morgan fingerprint density at radius 1 is 1.06 bits per heavy atom. The van der Waals surface area contributed by atoms with E-state index < -0.39 is 0 Å². The van der Waals surface area contributed by atoms with Crippen molar-refractivity contribution in [1.29, 1.82) is 0 Å². The molecule has 2 saturated heterocycles. The summed E-state index contributed by atoms with van der Waals surface area (Å²) in [4.78, 5) is 40.2. The van der Waals surface area contributed by atoms with Crippen LogP contribution in [0.1, 0.15) is 11.7 Å². The Hall–Kier alpha value is -3.57. The number of benzene rings is 1. The van der Waals surface area contributed by atoms with Gasteiger partial charge in [-0.3, -0.25) is 14.5 Å². The third-order valence-corrected chi connectivity index (χ3v) is 6.24. The molecule has 2 aliphatic heterocycles. The molecule has 0 unspecified atom stereocenters. The second kappa shape index (κ2) is 9.35. The van der Waals surface area contributed by atoms with E-state index in [1.807, 2.05) is 15.9 Å². The van der Waals surface area contributed by atoms with Crippen molar-refractivity contribution in [3.63, 3.8) is 0 Å². The largest absolute Gasteiger partial charge is 0.508 e. The van der Waals surface area contributed by atoms with Gasteiger partial charge in [-0.15, -0.1) is 0 Å². The normalized spacial score (nSPS) is 17.3. The van der Waals surface area contributed by atoms with Gasteiger partial charge in [-0.25, -0.2) is 4.98 Å². The number of morpholine rings is 1. The highest BCUT2D eigenvalue weighted by Gasteiger charge is 2.25. The molecule has 178 valence electrons. The summed E-state index contributed by atoms with van der Waals surface area (Å²) in [5, 5.41) is 15.0. The van der Waals surface area contributed by atoms with Gasteiger partial charge >= 0.3 is 0 Å². The Morgan fingerprint density at radius 2 is 1.82 bits per heavy atom. The fourth-order valence-electron chi connectivity index (χ4n) is 4.34. The van der Waals surface area contributed by atoms with Crippen molar-refractivity contribution >= 4 is 28.8 Å². The molecule has 3 aromatic rings. The number of amides is 1. The van der Waals surface area contributed by atoms with Gasteiger partial charge in [-0.05, 0) is 12.1 Å². The van der Waals surface area contributed by atoms with Crippen molar-refractivity contribution < 1.29 is 19.4 Å². The van der Waals surface area contributed by atoms with Crippen molar-refractivity contribution in [3.8, 4) is 17.0 Å². The second-order valence-corrected chi connectivity index (χ2v) is 8.49. The third-order valence-electron chi connectivity index (χ3n) is 6.24. The number of carbonyl (C=O) groups excluding carboxylic acids is 2. The van der Waals surface area contributed by atoms with Gasteiger partial charge in [0.05, 0.1) is 37.0 Å². The number of piperazine rings is 1. The lowest BCUT2D eigenvalue weighted by Crippen LogP contribution is -2.49. The number of aromatic hydroxyl groups is 1. The molecule has 2 aromatic heterocycles. The fraction of sp³-hybridized carbons (Fsp3) is 0.435. The Morgan fingerprint density at radius 3 is 2.53 bits per heavy atom. The van der Waals surface area contributed by atoms with Crippen LogP contribution in [0.5, 0.6) is 5.75 Å². The maximum atomic E-state index is 13.2. The monoisotopic (exact) mass is 465 g/mol. The lowest BCUT2D eigenvalue weighted by molar-refractivity contribution is -0.130.